The van der Waals surface area contributed by atoms with Gasteiger partial charge in [-0.1, -0.05) is 6.92 Å². The van der Waals surface area contributed by atoms with Gasteiger partial charge in [-0.05, 0) is 56.6 Å². The molecule has 1 aliphatic heterocycles. The number of aromatic carboxylic acids is 1. The van der Waals surface area contributed by atoms with E-state index in [9.17, 15) is 4.79 Å². The third-order valence-electron chi connectivity index (χ3n) is 4.61. The van der Waals surface area contributed by atoms with Gasteiger partial charge in [-0.2, -0.15) is 0 Å². The summed E-state index contributed by atoms with van der Waals surface area (Å²) in [4.78, 5) is 17.9. The van der Waals surface area contributed by atoms with Crippen molar-refractivity contribution in [3.63, 3.8) is 0 Å². The SMILES string of the molecule is CN1CCC(C)(Cn2cnc3ccc(C(=O)O)cc32)CC1. The molecular weight excluding hydrogens is 266 g/mol. The summed E-state index contributed by atoms with van der Waals surface area (Å²) < 4.78 is 2.10. The van der Waals surface area contributed by atoms with Gasteiger partial charge in [0.05, 0.1) is 22.9 Å². The molecule has 0 amide bonds. The molecule has 1 aliphatic rings. The van der Waals surface area contributed by atoms with Crippen LogP contribution in [0.15, 0.2) is 24.5 Å². The monoisotopic (exact) mass is 287 g/mol. The molecule has 5 heteroatoms. The van der Waals surface area contributed by atoms with Gasteiger partial charge in [0.25, 0.3) is 0 Å². The highest BCUT2D eigenvalue weighted by atomic mass is 16.4. The third-order valence-corrected chi connectivity index (χ3v) is 4.61. The van der Waals surface area contributed by atoms with Crippen molar-refractivity contribution in [2.24, 2.45) is 5.41 Å². The molecule has 0 atom stereocenters. The lowest BCUT2D eigenvalue weighted by Crippen LogP contribution is -2.38. The summed E-state index contributed by atoms with van der Waals surface area (Å²) in [5, 5.41) is 9.14. The molecule has 2 heterocycles. The van der Waals surface area contributed by atoms with Crippen molar-refractivity contribution in [3.05, 3.63) is 30.1 Å². The van der Waals surface area contributed by atoms with Gasteiger partial charge in [0.1, 0.15) is 0 Å². The van der Waals surface area contributed by atoms with Gasteiger partial charge in [0, 0.05) is 6.54 Å². The van der Waals surface area contributed by atoms with Crippen LogP contribution < -0.4 is 0 Å². The number of likely N-dealkylation sites (tertiary alicyclic amines) is 1. The van der Waals surface area contributed by atoms with Crippen molar-refractivity contribution in [3.8, 4) is 0 Å². The van der Waals surface area contributed by atoms with Gasteiger partial charge in [0.2, 0.25) is 0 Å². The molecule has 1 saturated heterocycles. The fourth-order valence-electron chi connectivity index (χ4n) is 3.04. The highest BCUT2D eigenvalue weighted by Gasteiger charge is 2.29. The van der Waals surface area contributed by atoms with E-state index in [1.54, 1.807) is 18.2 Å². The zero-order chi connectivity index (χ0) is 15.0. The van der Waals surface area contributed by atoms with Crippen LogP contribution in [0.5, 0.6) is 0 Å². The number of hydrogen-bond donors (Lipinski definition) is 1. The van der Waals surface area contributed by atoms with Gasteiger partial charge >= 0.3 is 5.97 Å². The largest absolute Gasteiger partial charge is 0.478 e. The standard InChI is InChI=1S/C16H21N3O2/c1-16(5-7-18(2)8-6-16)10-19-11-17-13-4-3-12(15(20)21)9-14(13)19/h3-4,9,11H,5-8,10H2,1-2H3,(H,20,21). The molecule has 0 radical (unpaired) electrons. The molecule has 0 unspecified atom stereocenters. The van der Waals surface area contributed by atoms with Crippen LogP contribution in [0, 0.1) is 5.41 Å². The number of benzene rings is 1. The van der Waals surface area contributed by atoms with Crippen molar-refractivity contribution >= 4 is 17.0 Å². The second-order valence-electron chi connectivity index (χ2n) is 6.50. The predicted molar refractivity (Wildman–Crippen MR) is 81.5 cm³/mol. The second kappa shape index (κ2) is 5.15. The van der Waals surface area contributed by atoms with E-state index in [0.29, 0.717) is 5.56 Å². The molecule has 21 heavy (non-hydrogen) atoms. The van der Waals surface area contributed by atoms with Crippen LogP contribution in [0.1, 0.15) is 30.1 Å². The summed E-state index contributed by atoms with van der Waals surface area (Å²) in [5.74, 6) is -0.893. The molecule has 1 aromatic carbocycles. The van der Waals surface area contributed by atoms with Crippen molar-refractivity contribution in [2.45, 2.75) is 26.3 Å². The summed E-state index contributed by atoms with van der Waals surface area (Å²) in [6.07, 6.45) is 4.14. The lowest BCUT2D eigenvalue weighted by Gasteiger charge is -2.38. The predicted octanol–water partition coefficient (Wildman–Crippen LogP) is 2.47. The molecular formula is C16H21N3O2. The first-order chi connectivity index (χ1) is 9.97. The average Bonchev–Trinajstić information content (AvgIpc) is 2.84. The number of hydrogen-bond acceptors (Lipinski definition) is 3. The Balaban J connectivity index is 1.90. The minimum atomic E-state index is -0.893. The number of aromatic nitrogens is 2. The Hall–Kier alpha value is -1.88. The Morgan fingerprint density at radius 3 is 2.76 bits per heavy atom. The van der Waals surface area contributed by atoms with Gasteiger partial charge in [0.15, 0.2) is 0 Å². The molecule has 0 spiro atoms. The van der Waals surface area contributed by atoms with E-state index in [1.165, 1.54) is 0 Å². The van der Waals surface area contributed by atoms with Crippen LogP contribution in [0.25, 0.3) is 11.0 Å². The normalized spacial score (nSPS) is 19.0. The third kappa shape index (κ3) is 2.78. The Morgan fingerprint density at radius 1 is 1.38 bits per heavy atom. The number of imidazole rings is 1. The maximum absolute atomic E-state index is 11.1. The van der Waals surface area contributed by atoms with E-state index >= 15 is 0 Å². The Morgan fingerprint density at radius 2 is 2.10 bits per heavy atom. The molecule has 112 valence electrons. The van der Waals surface area contributed by atoms with E-state index in [-0.39, 0.29) is 5.41 Å². The zero-order valence-corrected chi connectivity index (χ0v) is 12.5. The van der Waals surface area contributed by atoms with Gasteiger partial charge in [-0.3, -0.25) is 0 Å². The average molecular weight is 287 g/mol. The number of nitrogens with zero attached hydrogens (tertiary/aromatic N) is 3. The minimum absolute atomic E-state index is 0.249. The molecule has 1 fully saturated rings. The van der Waals surface area contributed by atoms with E-state index < -0.39 is 5.97 Å². The summed E-state index contributed by atoms with van der Waals surface area (Å²) >= 11 is 0. The van der Waals surface area contributed by atoms with Crippen molar-refractivity contribution in [1.82, 2.24) is 14.5 Å². The fraction of sp³-hybridized carbons (Fsp3) is 0.500. The highest BCUT2D eigenvalue weighted by Crippen LogP contribution is 2.33. The second-order valence-corrected chi connectivity index (χ2v) is 6.50. The summed E-state index contributed by atoms with van der Waals surface area (Å²) in [7, 11) is 2.16. The van der Waals surface area contributed by atoms with Crippen molar-refractivity contribution in [1.29, 1.82) is 0 Å². The van der Waals surface area contributed by atoms with Gasteiger partial charge < -0.3 is 14.6 Å². The number of fused-ring (bicyclic) bond motifs is 1. The first-order valence-electron chi connectivity index (χ1n) is 7.34. The molecule has 2 aromatic rings. The molecule has 5 nitrogen and oxygen atoms in total. The lowest BCUT2D eigenvalue weighted by molar-refractivity contribution is 0.0697. The van der Waals surface area contributed by atoms with E-state index in [4.69, 9.17) is 5.11 Å². The topological polar surface area (TPSA) is 58.4 Å². The number of carboxylic acids is 1. The fourth-order valence-corrected chi connectivity index (χ4v) is 3.04. The maximum atomic E-state index is 11.1. The highest BCUT2D eigenvalue weighted by molar-refractivity contribution is 5.92. The molecule has 3 rings (SSSR count). The smallest absolute Gasteiger partial charge is 0.335 e. The van der Waals surface area contributed by atoms with E-state index in [0.717, 1.165) is 43.5 Å². The Labute approximate surface area is 124 Å². The summed E-state index contributed by atoms with van der Waals surface area (Å²) in [6, 6.07) is 5.12. The lowest BCUT2D eigenvalue weighted by atomic mass is 9.80. The molecule has 1 N–H and O–H groups in total. The molecule has 1 aromatic heterocycles. The Bertz CT molecular complexity index is 669. The molecule has 0 saturated carbocycles. The van der Waals surface area contributed by atoms with Crippen molar-refractivity contribution < 1.29 is 9.90 Å². The quantitative estimate of drug-likeness (QED) is 0.942. The van der Waals surface area contributed by atoms with Crippen LogP contribution >= 0.6 is 0 Å². The summed E-state index contributed by atoms with van der Waals surface area (Å²) in [5.41, 5.74) is 2.34. The van der Waals surface area contributed by atoms with Crippen LogP contribution in [0.3, 0.4) is 0 Å². The van der Waals surface area contributed by atoms with Crippen LogP contribution in [0.4, 0.5) is 0 Å². The minimum Gasteiger partial charge on any atom is -0.478 e. The van der Waals surface area contributed by atoms with Crippen molar-refractivity contribution in [2.75, 3.05) is 20.1 Å². The molecule has 0 aliphatic carbocycles. The number of carboxylic acid groups (broad SMARTS) is 1. The first kappa shape index (κ1) is 14.1. The number of carbonyl (C=O) groups is 1. The van der Waals surface area contributed by atoms with Gasteiger partial charge in [-0.15, -0.1) is 0 Å². The van der Waals surface area contributed by atoms with Crippen LogP contribution in [-0.4, -0.2) is 45.7 Å². The number of rotatable bonds is 3. The molecule has 0 bridgehead atoms. The van der Waals surface area contributed by atoms with Gasteiger partial charge in [-0.25, -0.2) is 9.78 Å². The summed E-state index contributed by atoms with van der Waals surface area (Å²) in [6.45, 7) is 5.43. The zero-order valence-electron chi connectivity index (χ0n) is 12.5. The van der Waals surface area contributed by atoms with E-state index in [2.05, 4.69) is 28.4 Å². The van der Waals surface area contributed by atoms with E-state index in [1.807, 2.05) is 6.33 Å². The van der Waals surface area contributed by atoms with Crippen LogP contribution in [0.2, 0.25) is 0 Å². The maximum Gasteiger partial charge on any atom is 0.335 e. The Kier molecular flexibility index (Phi) is 3.45. The number of piperidine rings is 1. The van der Waals surface area contributed by atoms with Crippen LogP contribution in [-0.2, 0) is 6.54 Å². The first-order valence-corrected chi connectivity index (χ1v) is 7.34.